The fraction of sp³-hybridized carbons (Fsp3) is 0.333. The summed E-state index contributed by atoms with van der Waals surface area (Å²) < 4.78 is 9.65. The van der Waals surface area contributed by atoms with Crippen LogP contribution in [-0.4, -0.2) is 34.6 Å². The summed E-state index contributed by atoms with van der Waals surface area (Å²) in [6.07, 6.45) is 0.866. The number of aryl methyl sites for hydroxylation is 1. The maximum Gasteiger partial charge on any atom is 0.332 e. The first-order chi connectivity index (χ1) is 11.1. The van der Waals surface area contributed by atoms with Crippen molar-refractivity contribution in [2.24, 2.45) is 0 Å². The lowest BCUT2D eigenvalue weighted by atomic mass is 10.1. The first-order valence-electron chi connectivity index (χ1n) is 7.12. The molecule has 0 unspecified atom stereocenters. The predicted molar refractivity (Wildman–Crippen MR) is 85.0 cm³/mol. The number of rotatable bonds is 7. The fourth-order valence-corrected chi connectivity index (χ4v) is 1.93. The molecule has 0 fully saturated rings. The van der Waals surface area contributed by atoms with Crippen molar-refractivity contribution in [3.05, 3.63) is 35.7 Å². The van der Waals surface area contributed by atoms with Gasteiger partial charge in [0.25, 0.3) is 0 Å². The van der Waals surface area contributed by atoms with E-state index in [4.69, 9.17) is 10.5 Å². The third-order valence-electron chi connectivity index (χ3n) is 2.97. The van der Waals surface area contributed by atoms with Crippen molar-refractivity contribution in [3.8, 4) is 0 Å². The summed E-state index contributed by atoms with van der Waals surface area (Å²) in [4.78, 5) is 23.5. The lowest BCUT2D eigenvalue weighted by Gasteiger charge is -2.10. The molecule has 122 valence electrons. The van der Waals surface area contributed by atoms with Crippen LogP contribution in [0.3, 0.4) is 0 Å². The van der Waals surface area contributed by atoms with Crippen molar-refractivity contribution in [2.75, 3.05) is 24.8 Å². The van der Waals surface area contributed by atoms with E-state index in [1.54, 1.807) is 0 Å². The number of carbonyl (C=O) groups excluding carboxylic acids is 1. The molecule has 0 saturated heterocycles. The van der Waals surface area contributed by atoms with Crippen LogP contribution in [0.4, 0.5) is 17.6 Å². The van der Waals surface area contributed by atoms with Crippen LogP contribution in [0.5, 0.6) is 0 Å². The van der Waals surface area contributed by atoms with Gasteiger partial charge in [0.1, 0.15) is 6.61 Å². The molecule has 8 nitrogen and oxygen atoms in total. The van der Waals surface area contributed by atoms with Crippen LogP contribution in [0.1, 0.15) is 18.3 Å². The highest BCUT2D eigenvalue weighted by atomic mass is 16.6. The van der Waals surface area contributed by atoms with E-state index in [1.807, 2.05) is 24.3 Å². The maximum absolute atomic E-state index is 11.3. The van der Waals surface area contributed by atoms with Crippen LogP contribution in [-0.2, 0) is 27.3 Å². The molecule has 0 aliphatic rings. The van der Waals surface area contributed by atoms with E-state index in [-0.39, 0.29) is 25.0 Å². The van der Waals surface area contributed by atoms with E-state index in [9.17, 15) is 4.79 Å². The zero-order valence-corrected chi connectivity index (χ0v) is 13.1. The van der Waals surface area contributed by atoms with Crippen molar-refractivity contribution in [1.29, 1.82) is 0 Å². The monoisotopic (exact) mass is 317 g/mol. The van der Waals surface area contributed by atoms with Crippen LogP contribution < -0.4 is 11.1 Å². The minimum Gasteiger partial charge on any atom is -0.456 e. The lowest BCUT2D eigenvalue weighted by Crippen LogP contribution is -2.14. The van der Waals surface area contributed by atoms with E-state index in [0.717, 1.165) is 17.7 Å². The largest absolute Gasteiger partial charge is 0.456 e. The number of nitrogens with zero attached hydrogens (tertiary/aromatic N) is 3. The summed E-state index contributed by atoms with van der Waals surface area (Å²) in [5.41, 5.74) is 7.70. The molecule has 0 saturated carbocycles. The molecule has 1 aromatic carbocycles. The van der Waals surface area contributed by atoms with E-state index in [0.29, 0.717) is 5.95 Å². The zero-order valence-electron chi connectivity index (χ0n) is 13.1. The molecule has 23 heavy (non-hydrogen) atoms. The van der Waals surface area contributed by atoms with Crippen molar-refractivity contribution in [1.82, 2.24) is 15.0 Å². The maximum atomic E-state index is 11.3. The summed E-state index contributed by atoms with van der Waals surface area (Å²) in [5, 5.41) is 3.11. The molecule has 0 aliphatic carbocycles. The molecule has 3 N–H and O–H groups in total. The summed E-state index contributed by atoms with van der Waals surface area (Å²) in [6, 6.07) is 7.82. The molecule has 1 heterocycles. The molecule has 0 aliphatic heterocycles. The van der Waals surface area contributed by atoms with Gasteiger partial charge in [0.05, 0.1) is 0 Å². The Hall–Kier alpha value is -2.74. The van der Waals surface area contributed by atoms with Gasteiger partial charge in [-0.05, 0) is 18.1 Å². The Bertz CT molecular complexity index is 678. The van der Waals surface area contributed by atoms with Crippen molar-refractivity contribution < 1.29 is 14.3 Å². The van der Waals surface area contributed by atoms with E-state index < -0.39 is 5.97 Å². The smallest absolute Gasteiger partial charge is 0.332 e. The molecular weight excluding hydrogens is 298 g/mol. The number of para-hydroxylation sites is 1. The standard InChI is InChI=1S/C15H19N5O3/c1-3-10-6-4-5-7-11(10)17-15-19-12(18-14(16)20-15)8-23-13(21)9-22-2/h4-7H,3,8-9H2,1-2H3,(H3,16,17,18,19,20). The molecule has 0 atom stereocenters. The second kappa shape index (κ2) is 8.04. The second-order valence-electron chi connectivity index (χ2n) is 4.66. The molecule has 2 aromatic rings. The van der Waals surface area contributed by atoms with Gasteiger partial charge in [-0.2, -0.15) is 15.0 Å². The van der Waals surface area contributed by atoms with Gasteiger partial charge in [-0.25, -0.2) is 4.79 Å². The van der Waals surface area contributed by atoms with Crippen LogP contribution in [0.2, 0.25) is 0 Å². The van der Waals surface area contributed by atoms with Gasteiger partial charge in [-0.15, -0.1) is 0 Å². The number of ether oxygens (including phenoxy) is 2. The topological polar surface area (TPSA) is 112 Å². The molecule has 2 rings (SSSR count). The van der Waals surface area contributed by atoms with Crippen molar-refractivity contribution in [3.63, 3.8) is 0 Å². The molecule has 0 amide bonds. The number of hydrogen-bond acceptors (Lipinski definition) is 8. The number of anilines is 3. The highest BCUT2D eigenvalue weighted by Gasteiger charge is 2.09. The fourth-order valence-electron chi connectivity index (χ4n) is 1.93. The van der Waals surface area contributed by atoms with Crippen molar-refractivity contribution >= 4 is 23.6 Å². The Kier molecular flexibility index (Phi) is 5.81. The van der Waals surface area contributed by atoms with Gasteiger partial charge in [0, 0.05) is 12.8 Å². The van der Waals surface area contributed by atoms with Gasteiger partial charge in [-0.3, -0.25) is 0 Å². The molecule has 0 bridgehead atoms. The number of methoxy groups -OCH3 is 1. The Morgan fingerprint density at radius 1 is 1.26 bits per heavy atom. The Morgan fingerprint density at radius 2 is 2.04 bits per heavy atom. The van der Waals surface area contributed by atoms with E-state index in [2.05, 4.69) is 31.9 Å². The van der Waals surface area contributed by atoms with Gasteiger partial charge >= 0.3 is 5.97 Å². The minimum absolute atomic E-state index is 0.0503. The summed E-state index contributed by atoms with van der Waals surface area (Å²) in [5.74, 6) is 0.112. The van der Waals surface area contributed by atoms with Gasteiger partial charge < -0.3 is 20.5 Å². The predicted octanol–water partition coefficient (Wildman–Crippen LogP) is 1.45. The number of hydrogen-bond donors (Lipinski definition) is 2. The molecule has 1 aromatic heterocycles. The van der Waals surface area contributed by atoms with E-state index in [1.165, 1.54) is 7.11 Å². The van der Waals surface area contributed by atoms with Crippen LogP contribution in [0, 0.1) is 0 Å². The number of aromatic nitrogens is 3. The summed E-state index contributed by atoms with van der Waals surface area (Å²) in [7, 11) is 1.41. The number of nitrogen functional groups attached to an aromatic ring is 1. The number of esters is 1. The third-order valence-corrected chi connectivity index (χ3v) is 2.97. The van der Waals surface area contributed by atoms with Gasteiger partial charge in [0.15, 0.2) is 12.4 Å². The van der Waals surface area contributed by atoms with Gasteiger partial charge in [0.2, 0.25) is 11.9 Å². The highest BCUT2D eigenvalue weighted by Crippen LogP contribution is 2.19. The van der Waals surface area contributed by atoms with Crippen LogP contribution in [0.25, 0.3) is 0 Å². The number of benzene rings is 1. The Labute approximate surface area is 134 Å². The highest BCUT2D eigenvalue weighted by molar-refractivity contribution is 5.70. The average molecular weight is 317 g/mol. The number of nitrogens with two attached hydrogens (primary N) is 1. The number of carbonyl (C=O) groups is 1. The molecule has 0 radical (unpaired) electrons. The molecular formula is C15H19N5O3. The normalized spacial score (nSPS) is 10.3. The van der Waals surface area contributed by atoms with Crippen LogP contribution >= 0.6 is 0 Å². The third kappa shape index (κ3) is 4.89. The Balaban J connectivity index is 2.12. The second-order valence-corrected chi connectivity index (χ2v) is 4.66. The van der Waals surface area contributed by atoms with Gasteiger partial charge in [-0.1, -0.05) is 25.1 Å². The first kappa shape index (κ1) is 16.6. The average Bonchev–Trinajstić information content (AvgIpc) is 2.53. The number of nitrogens with one attached hydrogen (secondary N) is 1. The summed E-state index contributed by atoms with van der Waals surface area (Å²) in [6.45, 7) is 1.83. The zero-order chi connectivity index (χ0) is 16.7. The SMILES string of the molecule is CCc1ccccc1Nc1nc(N)nc(COC(=O)COC)n1. The summed E-state index contributed by atoms with van der Waals surface area (Å²) >= 11 is 0. The minimum atomic E-state index is -0.502. The lowest BCUT2D eigenvalue weighted by molar-refractivity contribution is -0.149. The van der Waals surface area contributed by atoms with Crippen molar-refractivity contribution in [2.45, 2.75) is 20.0 Å². The molecule has 0 spiro atoms. The Morgan fingerprint density at radius 3 is 2.78 bits per heavy atom. The van der Waals surface area contributed by atoms with E-state index >= 15 is 0 Å². The quantitative estimate of drug-likeness (QED) is 0.738. The van der Waals surface area contributed by atoms with Crippen LogP contribution in [0.15, 0.2) is 24.3 Å². The molecule has 8 heteroatoms. The first-order valence-corrected chi connectivity index (χ1v) is 7.12.